The van der Waals surface area contributed by atoms with Gasteiger partial charge in [-0.2, -0.15) is 5.10 Å². The monoisotopic (exact) mass is 358 g/mol. The van der Waals surface area contributed by atoms with E-state index in [0.29, 0.717) is 22.6 Å². The van der Waals surface area contributed by atoms with E-state index in [1.807, 2.05) is 27.7 Å². The fourth-order valence-corrected chi connectivity index (χ4v) is 2.17. The average molecular weight is 359 g/mol. The minimum absolute atomic E-state index is 0.0716. The molecule has 1 rings (SSSR count). The third-order valence-electron chi connectivity index (χ3n) is 2.72. The van der Waals surface area contributed by atoms with E-state index in [-0.39, 0.29) is 17.5 Å². The number of carbonyl (C=O) groups excluding carboxylic acids is 1. The molecule has 1 aromatic rings. The summed E-state index contributed by atoms with van der Waals surface area (Å²) >= 11 is 3.28. The first-order valence-corrected chi connectivity index (χ1v) is 7.84. The van der Waals surface area contributed by atoms with Gasteiger partial charge in [0, 0.05) is 12.6 Å². The summed E-state index contributed by atoms with van der Waals surface area (Å²) in [6.07, 6.45) is 1.56. The number of anilines is 1. The van der Waals surface area contributed by atoms with Crippen LogP contribution < -0.4 is 16.2 Å². The van der Waals surface area contributed by atoms with Gasteiger partial charge >= 0.3 is 0 Å². The maximum absolute atomic E-state index is 12.2. The molecule has 1 amide bonds. The summed E-state index contributed by atoms with van der Waals surface area (Å²) in [6, 6.07) is -0.381. The van der Waals surface area contributed by atoms with E-state index < -0.39 is 6.04 Å². The van der Waals surface area contributed by atoms with Gasteiger partial charge in [-0.3, -0.25) is 9.59 Å². The van der Waals surface area contributed by atoms with Crippen molar-refractivity contribution in [1.82, 2.24) is 15.1 Å². The van der Waals surface area contributed by atoms with Crippen LogP contribution in [-0.4, -0.2) is 27.8 Å². The van der Waals surface area contributed by atoms with Crippen LogP contribution in [0.5, 0.6) is 0 Å². The summed E-state index contributed by atoms with van der Waals surface area (Å²) < 4.78 is 1.81. The molecule has 118 valence electrons. The van der Waals surface area contributed by atoms with Crippen molar-refractivity contribution in [3.63, 3.8) is 0 Å². The summed E-state index contributed by atoms with van der Waals surface area (Å²) in [7, 11) is 0. The van der Waals surface area contributed by atoms with Crippen molar-refractivity contribution in [2.45, 2.75) is 53.2 Å². The zero-order valence-corrected chi connectivity index (χ0v) is 14.7. The molecule has 0 aliphatic heterocycles. The molecule has 2 N–H and O–H groups in total. The molecule has 0 spiro atoms. The van der Waals surface area contributed by atoms with Gasteiger partial charge in [0.05, 0.1) is 11.9 Å². The second-order valence-corrected chi connectivity index (χ2v) is 6.58. The average Bonchev–Trinajstić information content (AvgIpc) is 2.37. The Kier molecular flexibility index (Phi) is 6.39. The Hall–Kier alpha value is -1.37. The number of hydrogen-bond acceptors (Lipinski definition) is 4. The third-order valence-corrected chi connectivity index (χ3v) is 3.49. The maximum Gasteiger partial charge on any atom is 0.283 e. The van der Waals surface area contributed by atoms with Crippen molar-refractivity contribution < 1.29 is 4.79 Å². The number of halogens is 1. The van der Waals surface area contributed by atoms with Crippen molar-refractivity contribution >= 4 is 27.5 Å². The highest BCUT2D eigenvalue weighted by Crippen LogP contribution is 2.17. The van der Waals surface area contributed by atoms with Gasteiger partial charge in [-0.1, -0.05) is 13.8 Å². The molecule has 0 bridgehead atoms. The molecule has 0 aliphatic rings. The highest BCUT2D eigenvalue weighted by Gasteiger charge is 2.16. The van der Waals surface area contributed by atoms with Crippen LogP contribution in [0.25, 0.3) is 0 Å². The standard InChI is InChI=1S/C14H23BrN4O2/c1-8(2)7-19-14(21)12(15)11(6-16-19)18-10(5)13(20)17-9(3)4/h6,8-10,18H,7H2,1-5H3,(H,17,20). The fraction of sp³-hybridized carbons (Fsp3) is 0.643. The Morgan fingerprint density at radius 2 is 1.95 bits per heavy atom. The van der Waals surface area contributed by atoms with Crippen molar-refractivity contribution in [1.29, 1.82) is 0 Å². The first-order chi connectivity index (χ1) is 9.72. The highest BCUT2D eigenvalue weighted by atomic mass is 79.9. The van der Waals surface area contributed by atoms with Crippen LogP contribution in [0.2, 0.25) is 0 Å². The van der Waals surface area contributed by atoms with Gasteiger partial charge in [0.15, 0.2) is 0 Å². The molecule has 0 fully saturated rings. The quantitative estimate of drug-likeness (QED) is 0.815. The molecule has 1 atom stereocenters. The van der Waals surface area contributed by atoms with Gasteiger partial charge in [0.2, 0.25) is 5.91 Å². The van der Waals surface area contributed by atoms with E-state index in [1.165, 1.54) is 4.68 Å². The molecule has 0 saturated heterocycles. The van der Waals surface area contributed by atoms with E-state index >= 15 is 0 Å². The summed E-state index contributed by atoms with van der Waals surface area (Å²) in [6.45, 7) is 10.1. The van der Waals surface area contributed by atoms with E-state index in [1.54, 1.807) is 13.1 Å². The molecule has 7 heteroatoms. The molecular weight excluding hydrogens is 336 g/mol. The molecule has 0 aliphatic carbocycles. The maximum atomic E-state index is 12.2. The lowest BCUT2D eigenvalue weighted by Gasteiger charge is -2.18. The Labute approximate surface area is 133 Å². The van der Waals surface area contributed by atoms with Gasteiger partial charge < -0.3 is 10.6 Å². The molecule has 1 unspecified atom stereocenters. The number of aromatic nitrogens is 2. The van der Waals surface area contributed by atoms with Gasteiger partial charge in [0.25, 0.3) is 5.56 Å². The second-order valence-electron chi connectivity index (χ2n) is 5.78. The summed E-state index contributed by atoms with van der Waals surface area (Å²) in [4.78, 5) is 24.0. The minimum atomic E-state index is -0.453. The lowest BCUT2D eigenvalue weighted by molar-refractivity contribution is -0.122. The molecule has 1 aromatic heterocycles. The Morgan fingerprint density at radius 3 is 2.48 bits per heavy atom. The van der Waals surface area contributed by atoms with E-state index in [9.17, 15) is 9.59 Å². The largest absolute Gasteiger partial charge is 0.372 e. The van der Waals surface area contributed by atoms with E-state index in [2.05, 4.69) is 31.7 Å². The van der Waals surface area contributed by atoms with Crippen molar-refractivity contribution in [2.24, 2.45) is 5.92 Å². The minimum Gasteiger partial charge on any atom is -0.372 e. The van der Waals surface area contributed by atoms with Crippen molar-refractivity contribution in [3.05, 3.63) is 21.0 Å². The second kappa shape index (κ2) is 7.59. The summed E-state index contributed by atoms with van der Waals surface area (Å²) in [5.74, 6) is 0.208. The van der Waals surface area contributed by atoms with Crippen LogP contribution in [-0.2, 0) is 11.3 Å². The van der Waals surface area contributed by atoms with Crippen LogP contribution in [0, 0.1) is 5.92 Å². The Balaban J connectivity index is 2.88. The van der Waals surface area contributed by atoms with Gasteiger partial charge in [-0.15, -0.1) is 0 Å². The number of carbonyl (C=O) groups is 1. The highest BCUT2D eigenvalue weighted by molar-refractivity contribution is 9.10. The van der Waals surface area contributed by atoms with Crippen molar-refractivity contribution in [2.75, 3.05) is 5.32 Å². The lowest BCUT2D eigenvalue weighted by Crippen LogP contribution is -2.41. The number of rotatable bonds is 6. The smallest absolute Gasteiger partial charge is 0.283 e. The van der Waals surface area contributed by atoms with Gasteiger partial charge in [-0.25, -0.2) is 4.68 Å². The number of hydrogen-bond donors (Lipinski definition) is 2. The molecule has 1 heterocycles. The first-order valence-electron chi connectivity index (χ1n) is 7.04. The lowest BCUT2D eigenvalue weighted by atomic mass is 10.2. The van der Waals surface area contributed by atoms with Crippen LogP contribution in [0.4, 0.5) is 5.69 Å². The third kappa shape index (κ3) is 5.15. The van der Waals surface area contributed by atoms with E-state index in [4.69, 9.17) is 0 Å². The topological polar surface area (TPSA) is 76.0 Å². The van der Waals surface area contributed by atoms with E-state index in [0.717, 1.165) is 0 Å². The van der Waals surface area contributed by atoms with Gasteiger partial charge in [0.1, 0.15) is 10.5 Å². The number of nitrogens with one attached hydrogen (secondary N) is 2. The predicted molar refractivity (Wildman–Crippen MR) is 87.4 cm³/mol. The Morgan fingerprint density at radius 1 is 1.33 bits per heavy atom. The fourth-order valence-electron chi connectivity index (χ4n) is 1.75. The van der Waals surface area contributed by atoms with Crippen LogP contribution in [0.3, 0.4) is 0 Å². The number of nitrogens with zero attached hydrogens (tertiary/aromatic N) is 2. The van der Waals surface area contributed by atoms with Crippen LogP contribution in [0.15, 0.2) is 15.5 Å². The normalized spacial score (nSPS) is 12.6. The summed E-state index contributed by atoms with van der Waals surface area (Å²) in [5.41, 5.74) is 0.316. The number of amides is 1. The Bertz CT molecular complexity index is 554. The summed E-state index contributed by atoms with van der Waals surface area (Å²) in [5, 5.41) is 9.95. The molecule has 0 saturated carbocycles. The first kappa shape index (κ1) is 17.7. The molecule has 0 aromatic carbocycles. The molecular formula is C14H23BrN4O2. The van der Waals surface area contributed by atoms with Crippen molar-refractivity contribution in [3.8, 4) is 0 Å². The zero-order valence-electron chi connectivity index (χ0n) is 13.1. The van der Waals surface area contributed by atoms with Gasteiger partial charge in [-0.05, 0) is 42.6 Å². The zero-order chi connectivity index (χ0) is 16.2. The molecule has 21 heavy (non-hydrogen) atoms. The van der Waals surface area contributed by atoms with Crippen LogP contribution in [0.1, 0.15) is 34.6 Å². The van der Waals surface area contributed by atoms with Crippen LogP contribution >= 0.6 is 15.9 Å². The SMILES string of the molecule is CC(C)Cn1ncc(NC(C)C(=O)NC(C)C)c(Br)c1=O. The molecule has 6 nitrogen and oxygen atoms in total. The molecule has 0 radical (unpaired) electrons. The predicted octanol–water partition coefficient (Wildman–Crippen LogP) is 1.99.